The number of carbonyl (C=O) groups is 3. The lowest BCUT2D eigenvalue weighted by molar-refractivity contribution is 0.0169. The van der Waals surface area contributed by atoms with Crippen LogP contribution in [-0.4, -0.2) is 100 Å². The van der Waals surface area contributed by atoms with Gasteiger partial charge in [-0.15, -0.1) is 0 Å². The molecule has 18 nitrogen and oxygen atoms in total. The molecule has 18 heteroatoms. The molecule has 0 radical (unpaired) electrons. The molecule has 0 aliphatic heterocycles. The number of benzene rings is 6. The molecule has 1 aromatic heterocycles. The molecule has 6 aromatic carbocycles. The Morgan fingerprint density at radius 3 is 0.921 bits per heavy atom. The van der Waals surface area contributed by atoms with Crippen LogP contribution in [0.5, 0.6) is 17.2 Å². The smallest absolute Gasteiger partial charge is 0.338 e. The van der Waals surface area contributed by atoms with Crippen molar-refractivity contribution in [2.45, 2.75) is 37.9 Å². The molecule has 0 spiro atoms. The standard InChI is InChI=1S/C45H39N3O15/c49-34-10-7-25-1-4-28(13-31(25)16-34)40(55)61-22-37(52)19-46-43(58)47(20-38(53)23-62-41(56)29-5-2-26-8-11-35(50)17-32(26)14-29)45(60)48(44(46)59)21-39(54)24-63-42(57)30-6-3-27-9-12-36(51)18-33(27)15-30/h1-18,37-39,49-54H,19-24H2. The zero-order valence-electron chi connectivity index (χ0n) is 33.1. The summed E-state index contributed by atoms with van der Waals surface area (Å²) < 4.78 is 17.0. The van der Waals surface area contributed by atoms with E-state index in [1.807, 2.05) is 0 Å². The summed E-state index contributed by atoms with van der Waals surface area (Å²) in [4.78, 5) is 79.8. The van der Waals surface area contributed by atoms with E-state index < -0.39 is 92.7 Å². The molecule has 7 aromatic rings. The van der Waals surface area contributed by atoms with Crippen molar-refractivity contribution in [2.24, 2.45) is 0 Å². The minimum absolute atomic E-state index is 0.0323. The second-order valence-corrected chi connectivity index (χ2v) is 14.7. The van der Waals surface area contributed by atoms with Gasteiger partial charge in [0.25, 0.3) is 0 Å². The summed E-state index contributed by atoms with van der Waals surface area (Å²) in [5, 5.41) is 65.9. The fraction of sp³-hybridized carbons (Fsp3) is 0.200. The van der Waals surface area contributed by atoms with E-state index in [9.17, 15) is 59.4 Å². The molecule has 3 atom stereocenters. The van der Waals surface area contributed by atoms with Gasteiger partial charge in [-0.2, -0.15) is 0 Å². The Hall–Kier alpha value is -7.80. The van der Waals surface area contributed by atoms with Crippen LogP contribution >= 0.6 is 0 Å². The van der Waals surface area contributed by atoms with Crippen LogP contribution in [0.25, 0.3) is 32.3 Å². The van der Waals surface area contributed by atoms with Crippen molar-refractivity contribution in [3.05, 3.63) is 157 Å². The number of ether oxygens (including phenoxy) is 3. The highest BCUT2D eigenvalue weighted by atomic mass is 16.6. The Morgan fingerprint density at radius 2 is 0.651 bits per heavy atom. The topological polar surface area (TPSA) is 266 Å². The van der Waals surface area contributed by atoms with Crippen LogP contribution in [0.15, 0.2) is 124 Å². The average Bonchev–Trinajstić information content (AvgIpc) is 3.27. The molecule has 1 heterocycles. The predicted molar refractivity (Wildman–Crippen MR) is 225 cm³/mol. The van der Waals surface area contributed by atoms with Gasteiger partial charge in [0.2, 0.25) is 0 Å². The Labute approximate surface area is 354 Å². The Balaban J connectivity index is 1.08. The Morgan fingerprint density at radius 1 is 0.397 bits per heavy atom. The van der Waals surface area contributed by atoms with E-state index in [-0.39, 0.29) is 33.9 Å². The molecule has 0 aliphatic rings. The quantitative estimate of drug-likeness (QED) is 0.0639. The number of carbonyl (C=O) groups excluding carboxylic acids is 3. The molecule has 0 saturated heterocycles. The van der Waals surface area contributed by atoms with E-state index in [4.69, 9.17) is 14.2 Å². The van der Waals surface area contributed by atoms with E-state index in [1.165, 1.54) is 72.8 Å². The second kappa shape index (κ2) is 18.4. The zero-order valence-corrected chi connectivity index (χ0v) is 33.1. The summed E-state index contributed by atoms with van der Waals surface area (Å²) in [7, 11) is 0. The number of aromatic nitrogens is 3. The van der Waals surface area contributed by atoms with Crippen molar-refractivity contribution in [3.8, 4) is 17.2 Å². The van der Waals surface area contributed by atoms with Crippen LogP contribution < -0.4 is 17.1 Å². The first kappa shape index (κ1) is 43.3. The molecule has 7 rings (SSSR count). The normalized spacial score (nSPS) is 12.8. The molecule has 63 heavy (non-hydrogen) atoms. The molecule has 0 aliphatic carbocycles. The lowest BCUT2D eigenvalue weighted by Gasteiger charge is -2.19. The zero-order chi connectivity index (χ0) is 44.9. The number of phenolic OH excluding ortho intramolecular Hbond substituents is 3. The first-order valence-electron chi connectivity index (χ1n) is 19.3. The predicted octanol–water partition coefficient (Wildman–Crippen LogP) is 2.40. The van der Waals surface area contributed by atoms with E-state index >= 15 is 0 Å². The third kappa shape index (κ3) is 10.1. The minimum atomic E-state index is -1.72. The molecule has 0 amide bonds. The third-order valence-electron chi connectivity index (χ3n) is 9.96. The summed E-state index contributed by atoms with van der Waals surface area (Å²) in [5.41, 5.74) is -3.75. The summed E-state index contributed by atoms with van der Waals surface area (Å²) in [6.07, 6.45) is -5.15. The summed E-state index contributed by atoms with van der Waals surface area (Å²) in [6.45, 7) is -4.74. The SMILES string of the molecule is O=C(OCC(O)Cn1c(=O)n(CC(O)COC(=O)c2ccc3ccc(O)cc3c2)c(=O)n(CC(O)COC(=O)c2ccc3ccc(O)cc3c2)c1=O)c1ccc2ccc(O)cc2c1. The maximum Gasteiger partial charge on any atom is 0.338 e. The van der Waals surface area contributed by atoms with Crippen molar-refractivity contribution in [1.82, 2.24) is 13.7 Å². The van der Waals surface area contributed by atoms with Gasteiger partial charge in [0.05, 0.1) is 36.3 Å². The van der Waals surface area contributed by atoms with Crippen molar-refractivity contribution >= 4 is 50.2 Å². The number of phenols is 3. The number of fused-ring (bicyclic) bond motifs is 3. The number of nitrogens with zero attached hydrogens (tertiary/aromatic N) is 3. The lowest BCUT2D eigenvalue weighted by atomic mass is 10.1. The number of hydrogen-bond donors (Lipinski definition) is 6. The Bertz CT molecular complexity index is 2730. The number of aliphatic hydroxyl groups is 3. The molecule has 3 unspecified atom stereocenters. The summed E-state index contributed by atoms with van der Waals surface area (Å²) in [5.74, 6) is -2.74. The van der Waals surface area contributed by atoms with Gasteiger partial charge >= 0.3 is 35.0 Å². The monoisotopic (exact) mass is 861 g/mol. The fourth-order valence-corrected chi connectivity index (χ4v) is 6.79. The summed E-state index contributed by atoms with van der Waals surface area (Å²) in [6, 6.07) is 27.2. The van der Waals surface area contributed by atoms with Crippen LogP contribution in [0.1, 0.15) is 31.1 Å². The maximum absolute atomic E-state index is 13.7. The van der Waals surface area contributed by atoms with Crippen molar-refractivity contribution in [2.75, 3.05) is 19.8 Å². The van der Waals surface area contributed by atoms with Crippen molar-refractivity contribution < 1.29 is 59.2 Å². The van der Waals surface area contributed by atoms with Crippen LogP contribution in [-0.2, 0) is 33.8 Å². The largest absolute Gasteiger partial charge is 0.508 e. The fourth-order valence-electron chi connectivity index (χ4n) is 6.79. The highest BCUT2D eigenvalue weighted by Crippen LogP contribution is 2.24. The summed E-state index contributed by atoms with van der Waals surface area (Å²) >= 11 is 0. The first-order chi connectivity index (χ1) is 30.1. The Kier molecular flexibility index (Phi) is 12.7. The van der Waals surface area contributed by atoms with Crippen molar-refractivity contribution in [3.63, 3.8) is 0 Å². The van der Waals surface area contributed by atoms with Crippen molar-refractivity contribution in [1.29, 1.82) is 0 Å². The number of aromatic hydroxyl groups is 3. The van der Waals surface area contributed by atoms with Gasteiger partial charge in [-0.05, 0) is 105 Å². The number of hydrogen-bond acceptors (Lipinski definition) is 15. The van der Waals surface area contributed by atoms with Gasteiger partial charge in [0.1, 0.15) is 55.4 Å². The van der Waals surface area contributed by atoms with Crippen LogP contribution in [0, 0.1) is 0 Å². The number of esters is 3. The molecule has 0 saturated carbocycles. The van der Waals surface area contributed by atoms with Crippen LogP contribution in [0.3, 0.4) is 0 Å². The van der Waals surface area contributed by atoms with Gasteiger partial charge in [-0.1, -0.05) is 36.4 Å². The van der Waals surface area contributed by atoms with E-state index in [2.05, 4.69) is 0 Å². The highest BCUT2D eigenvalue weighted by molar-refractivity contribution is 5.97. The third-order valence-corrected chi connectivity index (χ3v) is 9.96. The maximum atomic E-state index is 13.7. The van der Waals surface area contributed by atoms with Crippen LogP contribution in [0.2, 0.25) is 0 Å². The van der Waals surface area contributed by atoms with Gasteiger partial charge < -0.3 is 44.8 Å². The lowest BCUT2D eigenvalue weighted by Crippen LogP contribution is -2.57. The first-order valence-corrected chi connectivity index (χ1v) is 19.3. The van der Waals surface area contributed by atoms with Crippen LogP contribution in [0.4, 0.5) is 0 Å². The minimum Gasteiger partial charge on any atom is -0.508 e. The molecule has 0 fully saturated rings. The van der Waals surface area contributed by atoms with Gasteiger partial charge in [0, 0.05) is 0 Å². The van der Waals surface area contributed by atoms with Gasteiger partial charge in [-0.3, -0.25) is 0 Å². The second-order valence-electron chi connectivity index (χ2n) is 14.7. The van der Waals surface area contributed by atoms with E-state index in [1.54, 1.807) is 36.4 Å². The molecular weight excluding hydrogens is 823 g/mol. The molecule has 0 bridgehead atoms. The average molecular weight is 862 g/mol. The molecule has 6 N–H and O–H groups in total. The highest BCUT2D eigenvalue weighted by Gasteiger charge is 2.24. The van der Waals surface area contributed by atoms with E-state index in [0.717, 1.165) is 16.2 Å². The number of aliphatic hydroxyl groups excluding tert-OH is 3. The van der Waals surface area contributed by atoms with Gasteiger partial charge in [0.15, 0.2) is 0 Å². The number of rotatable bonds is 15. The molecular formula is C45H39N3O15. The molecule has 324 valence electrons. The van der Waals surface area contributed by atoms with E-state index in [0.29, 0.717) is 29.9 Å². The van der Waals surface area contributed by atoms with Gasteiger partial charge in [-0.25, -0.2) is 42.5 Å².